The standard InChI is InChI=1S/C18H19NO5S/c1-4-25(22,23)19(3)17-15(20)16(21)18(2,24-17)14-11-7-9-12-8-5-6-10-13(12)14/h5-11,20H,4H2,1-3H3. The maximum absolute atomic E-state index is 12.7. The van der Waals surface area contributed by atoms with Crippen molar-refractivity contribution in [2.45, 2.75) is 19.4 Å². The number of benzene rings is 2. The summed E-state index contributed by atoms with van der Waals surface area (Å²) in [7, 11) is -2.42. The fourth-order valence-electron chi connectivity index (χ4n) is 2.96. The van der Waals surface area contributed by atoms with E-state index in [1.807, 2.05) is 30.3 Å². The molecule has 0 saturated heterocycles. The number of ketones is 1. The number of carbonyl (C=O) groups excluding carboxylic acids is 1. The van der Waals surface area contributed by atoms with Gasteiger partial charge in [0.1, 0.15) is 0 Å². The second-order valence-corrected chi connectivity index (χ2v) is 8.30. The third-order valence-corrected chi connectivity index (χ3v) is 6.25. The lowest BCUT2D eigenvalue weighted by Crippen LogP contribution is -2.33. The molecule has 1 unspecified atom stereocenters. The van der Waals surface area contributed by atoms with E-state index in [4.69, 9.17) is 4.74 Å². The van der Waals surface area contributed by atoms with Crippen LogP contribution in [0.3, 0.4) is 0 Å². The quantitative estimate of drug-likeness (QED) is 0.905. The monoisotopic (exact) mass is 361 g/mol. The number of aliphatic hydroxyl groups excluding tert-OH is 1. The number of carbonyl (C=O) groups is 1. The topological polar surface area (TPSA) is 83.9 Å². The smallest absolute Gasteiger partial charge is 0.251 e. The molecule has 1 aliphatic rings. The lowest BCUT2D eigenvalue weighted by Gasteiger charge is -2.27. The minimum atomic E-state index is -3.67. The predicted octanol–water partition coefficient (Wildman–Crippen LogP) is 2.66. The van der Waals surface area contributed by atoms with Gasteiger partial charge in [-0.3, -0.25) is 4.79 Å². The summed E-state index contributed by atoms with van der Waals surface area (Å²) in [5.74, 6) is -1.88. The van der Waals surface area contributed by atoms with E-state index in [2.05, 4.69) is 0 Å². The molecule has 0 bridgehead atoms. The van der Waals surface area contributed by atoms with Gasteiger partial charge in [-0.2, -0.15) is 0 Å². The number of ether oxygens (including phenoxy) is 1. The average Bonchev–Trinajstić information content (AvgIpc) is 2.85. The van der Waals surface area contributed by atoms with Crippen molar-refractivity contribution in [1.29, 1.82) is 0 Å². The molecular weight excluding hydrogens is 342 g/mol. The zero-order valence-corrected chi connectivity index (χ0v) is 15.0. The summed E-state index contributed by atoms with van der Waals surface area (Å²) in [5.41, 5.74) is -0.933. The summed E-state index contributed by atoms with van der Waals surface area (Å²) in [5, 5.41) is 12.0. The summed E-state index contributed by atoms with van der Waals surface area (Å²) in [6.45, 7) is 3.01. The van der Waals surface area contributed by atoms with E-state index >= 15 is 0 Å². The Bertz CT molecular complexity index is 990. The number of sulfonamides is 1. The first kappa shape index (κ1) is 17.3. The van der Waals surface area contributed by atoms with Crippen LogP contribution in [0, 0.1) is 0 Å². The lowest BCUT2D eigenvalue weighted by molar-refractivity contribution is -0.132. The first-order chi connectivity index (χ1) is 11.7. The Morgan fingerprint density at radius 1 is 1.16 bits per heavy atom. The molecule has 1 heterocycles. The van der Waals surface area contributed by atoms with Crippen molar-refractivity contribution in [3.05, 3.63) is 59.7 Å². The number of hydrogen-bond donors (Lipinski definition) is 1. The molecule has 1 atom stereocenters. The Balaban J connectivity index is 2.12. The van der Waals surface area contributed by atoms with Gasteiger partial charge in [0.15, 0.2) is 5.60 Å². The molecule has 0 aromatic heterocycles. The molecule has 25 heavy (non-hydrogen) atoms. The van der Waals surface area contributed by atoms with Crippen molar-refractivity contribution >= 4 is 26.6 Å². The van der Waals surface area contributed by atoms with Gasteiger partial charge < -0.3 is 9.84 Å². The van der Waals surface area contributed by atoms with Gasteiger partial charge >= 0.3 is 0 Å². The SMILES string of the molecule is CCS(=O)(=O)N(C)C1=C(O)C(=O)C(C)(c2cccc3ccccc23)O1. The highest BCUT2D eigenvalue weighted by atomic mass is 32.2. The number of rotatable bonds is 4. The molecule has 6 nitrogen and oxygen atoms in total. The van der Waals surface area contributed by atoms with Crippen LogP contribution in [0.15, 0.2) is 54.1 Å². The third-order valence-electron chi connectivity index (χ3n) is 4.52. The number of hydrogen-bond acceptors (Lipinski definition) is 5. The highest BCUT2D eigenvalue weighted by Crippen LogP contribution is 2.41. The summed E-state index contributed by atoms with van der Waals surface area (Å²) >= 11 is 0. The van der Waals surface area contributed by atoms with Crippen LogP contribution in [0.4, 0.5) is 0 Å². The zero-order valence-electron chi connectivity index (χ0n) is 14.2. The molecule has 2 aromatic rings. The van der Waals surface area contributed by atoms with Crippen LogP contribution < -0.4 is 0 Å². The van der Waals surface area contributed by atoms with E-state index in [9.17, 15) is 18.3 Å². The molecule has 7 heteroatoms. The highest BCUT2D eigenvalue weighted by Gasteiger charge is 2.50. The van der Waals surface area contributed by atoms with Crippen LogP contribution in [0.25, 0.3) is 10.8 Å². The van der Waals surface area contributed by atoms with Crippen molar-refractivity contribution in [3.8, 4) is 0 Å². The molecule has 0 amide bonds. The molecule has 0 aliphatic carbocycles. The Kier molecular flexibility index (Phi) is 3.99. The van der Waals surface area contributed by atoms with Gasteiger partial charge in [0, 0.05) is 12.6 Å². The highest BCUT2D eigenvalue weighted by molar-refractivity contribution is 7.89. The second-order valence-electron chi connectivity index (χ2n) is 6.01. The van der Waals surface area contributed by atoms with Gasteiger partial charge in [-0.1, -0.05) is 42.5 Å². The van der Waals surface area contributed by atoms with E-state index in [0.717, 1.165) is 15.1 Å². The van der Waals surface area contributed by atoms with Gasteiger partial charge in [0.05, 0.1) is 5.75 Å². The second kappa shape index (κ2) is 5.77. The zero-order chi connectivity index (χ0) is 18.4. The van der Waals surface area contributed by atoms with E-state index in [1.165, 1.54) is 20.9 Å². The van der Waals surface area contributed by atoms with E-state index < -0.39 is 27.2 Å². The number of nitrogens with zero attached hydrogens (tertiary/aromatic N) is 1. The van der Waals surface area contributed by atoms with Crippen LogP contribution in [0.2, 0.25) is 0 Å². The fraction of sp³-hybridized carbons (Fsp3) is 0.278. The van der Waals surface area contributed by atoms with Gasteiger partial charge in [0.25, 0.3) is 11.7 Å². The minimum Gasteiger partial charge on any atom is -0.501 e. The summed E-state index contributed by atoms with van der Waals surface area (Å²) in [4.78, 5) is 12.7. The molecule has 0 saturated carbocycles. The Labute approximate surface area is 146 Å². The first-order valence-corrected chi connectivity index (χ1v) is 9.45. The van der Waals surface area contributed by atoms with Crippen molar-refractivity contribution < 1.29 is 23.1 Å². The van der Waals surface area contributed by atoms with Crippen LogP contribution in [0.5, 0.6) is 0 Å². The minimum absolute atomic E-state index is 0.178. The number of fused-ring (bicyclic) bond motifs is 1. The number of aliphatic hydroxyl groups is 1. The Morgan fingerprint density at radius 3 is 2.48 bits per heavy atom. The maximum Gasteiger partial charge on any atom is 0.251 e. The van der Waals surface area contributed by atoms with Crippen molar-refractivity contribution in [2.24, 2.45) is 0 Å². The van der Waals surface area contributed by atoms with Crippen LogP contribution in [-0.4, -0.2) is 36.4 Å². The van der Waals surface area contributed by atoms with Gasteiger partial charge in [-0.15, -0.1) is 0 Å². The van der Waals surface area contributed by atoms with Crippen molar-refractivity contribution in [1.82, 2.24) is 4.31 Å². The molecule has 0 radical (unpaired) electrons. The summed E-state index contributed by atoms with van der Waals surface area (Å²) in [6, 6.07) is 12.9. The van der Waals surface area contributed by atoms with Crippen molar-refractivity contribution in [3.63, 3.8) is 0 Å². The lowest BCUT2D eigenvalue weighted by atomic mass is 9.88. The molecule has 1 N–H and O–H groups in total. The van der Waals surface area contributed by atoms with E-state index in [0.29, 0.717) is 5.56 Å². The Hall–Kier alpha value is -2.54. The maximum atomic E-state index is 12.7. The largest absolute Gasteiger partial charge is 0.501 e. The normalized spacial score (nSPS) is 20.8. The van der Waals surface area contributed by atoms with Crippen LogP contribution in [0.1, 0.15) is 19.4 Å². The van der Waals surface area contributed by atoms with Gasteiger partial charge in [0.2, 0.25) is 15.8 Å². The van der Waals surface area contributed by atoms with E-state index in [-0.39, 0.29) is 11.6 Å². The fourth-order valence-corrected chi connectivity index (χ4v) is 3.73. The first-order valence-electron chi connectivity index (χ1n) is 7.84. The number of Topliss-reactive ketones (excluding diaryl/α,β-unsaturated/α-hetero) is 1. The predicted molar refractivity (Wildman–Crippen MR) is 94.3 cm³/mol. The van der Waals surface area contributed by atoms with Crippen LogP contribution >= 0.6 is 0 Å². The molecule has 3 rings (SSSR count). The third kappa shape index (κ3) is 2.55. The summed E-state index contributed by atoms with van der Waals surface area (Å²) in [6.07, 6.45) is 0. The molecular formula is C18H19NO5S. The van der Waals surface area contributed by atoms with Crippen molar-refractivity contribution in [2.75, 3.05) is 12.8 Å². The molecule has 1 aliphatic heterocycles. The molecule has 132 valence electrons. The van der Waals surface area contributed by atoms with Gasteiger partial charge in [-0.25, -0.2) is 12.7 Å². The van der Waals surface area contributed by atoms with Gasteiger partial charge in [-0.05, 0) is 24.6 Å². The Morgan fingerprint density at radius 2 is 1.80 bits per heavy atom. The molecule has 0 fully saturated rings. The average molecular weight is 361 g/mol. The molecule has 2 aromatic carbocycles. The van der Waals surface area contributed by atoms with Crippen LogP contribution in [-0.2, 0) is 25.2 Å². The van der Waals surface area contributed by atoms with E-state index in [1.54, 1.807) is 12.1 Å². The molecule has 0 spiro atoms. The summed E-state index contributed by atoms with van der Waals surface area (Å²) < 4.78 is 30.7.